The number of carbonyl (C=O) groups excluding carboxylic acids is 2. The van der Waals surface area contributed by atoms with E-state index in [-0.39, 0.29) is 5.92 Å². The fourth-order valence-electron chi connectivity index (χ4n) is 2.16. The van der Waals surface area contributed by atoms with Gasteiger partial charge in [0.15, 0.2) is 0 Å². The van der Waals surface area contributed by atoms with Crippen LogP contribution >= 0.6 is 0 Å². The summed E-state index contributed by atoms with van der Waals surface area (Å²) in [6, 6.07) is 0. The Bertz CT molecular complexity index is 272. The molecule has 72 valence electrons. The smallest absolute Gasteiger partial charge is 0.321 e. The SMILES string of the molecule is COC(=O)C1(C(N)=O)CC1C1CC1. The standard InChI is InChI=1S/C9H13NO3/c1-13-8(12)9(7(10)11)4-6(9)5-2-3-5/h5-6H,2-4H2,1H3,(H2,10,11). The number of carbonyl (C=O) groups is 2. The molecule has 2 rings (SSSR count). The van der Waals surface area contributed by atoms with Crippen LogP contribution in [0.1, 0.15) is 19.3 Å². The molecule has 0 aromatic heterocycles. The molecule has 2 aliphatic rings. The van der Waals surface area contributed by atoms with Gasteiger partial charge in [0.25, 0.3) is 0 Å². The van der Waals surface area contributed by atoms with Crippen molar-refractivity contribution < 1.29 is 14.3 Å². The molecule has 0 spiro atoms. The predicted octanol–water partition coefficient (Wildman–Crippen LogP) is 0.0610. The summed E-state index contributed by atoms with van der Waals surface area (Å²) in [7, 11) is 1.30. The molecule has 0 aromatic carbocycles. The van der Waals surface area contributed by atoms with E-state index in [1.54, 1.807) is 0 Å². The maximum absolute atomic E-state index is 11.4. The molecule has 0 bridgehead atoms. The van der Waals surface area contributed by atoms with E-state index in [2.05, 4.69) is 4.74 Å². The molecule has 0 aliphatic heterocycles. The van der Waals surface area contributed by atoms with E-state index in [4.69, 9.17) is 5.73 Å². The van der Waals surface area contributed by atoms with Gasteiger partial charge in [-0.3, -0.25) is 9.59 Å². The van der Waals surface area contributed by atoms with Crippen LogP contribution in [0, 0.1) is 17.3 Å². The van der Waals surface area contributed by atoms with Gasteiger partial charge in [-0.2, -0.15) is 0 Å². The highest BCUT2D eigenvalue weighted by Gasteiger charge is 2.69. The van der Waals surface area contributed by atoms with Crippen LogP contribution in [-0.4, -0.2) is 19.0 Å². The minimum atomic E-state index is -0.962. The maximum atomic E-state index is 11.4. The molecule has 0 heterocycles. The number of rotatable bonds is 3. The van der Waals surface area contributed by atoms with Gasteiger partial charge in [0, 0.05) is 0 Å². The second-order valence-electron chi connectivity index (χ2n) is 3.98. The van der Waals surface area contributed by atoms with Crippen LogP contribution in [0.2, 0.25) is 0 Å². The molecule has 13 heavy (non-hydrogen) atoms. The van der Waals surface area contributed by atoms with Crippen LogP contribution in [0.3, 0.4) is 0 Å². The number of methoxy groups -OCH3 is 1. The zero-order valence-corrected chi connectivity index (χ0v) is 7.58. The van der Waals surface area contributed by atoms with E-state index in [0.717, 1.165) is 12.8 Å². The van der Waals surface area contributed by atoms with Crippen molar-refractivity contribution in [2.75, 3.05) is 7.11 Å². The Morgan fingerprint density at radius 2 is 2.08 bits per heavy atom. The van der Waals surface area contributed by atoms with Crippen molar-refractivity contribution in [2.24, 2.45) is 23.0 Å². The Kier molecular flexibility index (Phi) is 1.62. The fraction of sp³-hybridized carbons (Fsp3) is 0.778. The first-order valence-electron chi connectivity index (χ1n) is 4.51. The first kappa shape index (κ1) is 8.53. The van der Waals surface area contributed by atoms with Crippen molar-refractivity contribution in [2.45, 2.75) is 19.3 Å². The maximum Gasteiger partial charge on any atom is 0.321 e. The zero-order valence-electron chi connectivity index (χ0n) is 7.58. The summed E-state index contributed by atoms with van der Waals surface area (Å²) in [4.78, 5) is 22.5. The van der Waals surface area contributed by atoms with Crippen LogP contribution in [0.5, 0.6) is 0 Å². The second-order valence-corrected chi connectivity index (χ2v) is 3.98. The van der Waals surface area contributed by atoms with E-state index in [0.29, 0.717) is 12.3 Å². The zero-order chi connectivity index (χ0) is 9.64. The highest BCUT2D eigenvalue weighted by Crippen LogP contribution is 2.63. The van der Waals surface area contributed by atoms with Gasteiger partial charge < -0.3 is 10.5 Å². The Balaban J connectivity index is 2.15. The molecule has 2 N–H and O–H groups in total. The molecule has 2 aliphatic carbocycles. The van der Waals surface area contributed by atoms with Gasteiger partial charge in [-0.05, 0) is 31.1 Å². The molecule has 0 saturated heterocycles. The minimum Gasteiger partial charge on any atom is -0.468 e. The van der Waals surface area contributed by atoms with Gasteiger partial charge in [0.2, 0.25) is 5.91 Å². The van der Waals surface area contributed by atoms with Crippen LogP contribution in [0.25, 0.3) is 0 Å². The number of hydrogen-bond donors (Lipinski definition) is 1. The summed E-state index contributed by atoms with van der Waals surface area (Å²) < 4.78 is 4.61. The predicted molar refractivity (Wildman–Crippen MR) is 44.5 cm³/mol. The third kappa shape index (κ3) is 1.04. The van der Waals surface area contributed by atoms with E-state index in [9.17, 15) is 9.59 Å². The summed E-state index contributed by atoms with van der Waals surface area (Å²) in [5.74, 6) is -0.266. The highest BCUT2D eigenvalue weighted by molar-refractivity contribution is 6.05. The number of amides is 1. The Morgan fingerprint density at radius 1 is 1.46 bits per heavy atom. The second kappa shape index (κ2) is 2.47. The average Bonchev–Trinajstić information content (AvgIpc) is 2.92. The van der Waals surface area contributed by atoms with Crippen molar-refractivity contribution >= 4 is 11.9 Å². The molecule has 4 nitrogen and oxygen atoms in total. The topological polar surface area (TPSA) is 69.4 Å². The van der Waals surface area contributed by atoms with Gasteiger partial charge in [0.1, 0.15) is 5.41 Å². The third-order valence-electron chi connectivity index (χ3n) is 3.20. The van der Waals surface area contributed by atoms with Crippen molar-refractivity contribution in [3.05, 3.63) is 0 Å². The normalized spacial score (nSPS) is 36.8. The summed E-state index contributed by atoms with van der Waals surface area (Å²) in [5, 5.41) is 0. The molecule has 1 amide bonds. The van der Waals surface area contributed by atoms with Gasteiger partial charge in [-0.25, -0.2) is 0 Å². The number of esters is 1. The number of ether oxygens (including phenoxy) is 1. The van der Waals surface area contributed by atoms with Crippen molar-refractivity contribution in [1.29, 1.82) is 0 Å². The summed E-state index contributed by atoms with van der Waals surface area (Å²) in [5.41, 5.74) is 4.26. The lowest BCUT2D eigenvalue weighted by atomic mass is 10.0. The first-order valence-corrected chi connectivity index (χ1v) is 4.51. The summed E-state index contributed by atoms with van der Waals surface area (Å²) in [6.45, 7) is 0. The Morgan fingerprint density at radius 3 is 2.46 bits per heavy atom. The van der Waals surface area contributed by atoms with Crippen LogP contribution in [0.15, 0.2) is 0 Å². The monoisotopic (exact) mass is 183 g/mol. The highest BCUT2D eigenvalue weighted by atomic mass is 16.5. The number of hydrogen-bond acceptors (Lipinski definition) is 3. The Hall–Kier alpha value is -1.06. The van der Waals surface area contributed by atoms with Gasteiger partial charge >= 0.3 is 5.97 Å². The first-order chi connectivity index (χ1) is 6.13. The molecular weight excluding hydrogens is 170 g/mol. The molecule has 2 fully saturated rings. The van der Waals surface area contributed by atoms with Crippen molar-refractivity contribution in [1.82, 2.24) is 0 Å². The van der Waals surface area contributed by atoms with Crippen molar-refractivity contribution in [3.8, 4) is 0 Å². The van der Waals surface area contributed by atoms with Gasteiger partial charge in [-0.15, -0.1) is 0 Å². The molecule has 0 aromatic rings. The van der Waals surface area contributed by atoms with Crippen LogP contribution in [-0.2, 0) is 14.3 Å². The lowest BCUT2D eigenvalue weighted by Crippen LogP contribution is -2.35. The van der Waals surface area contributed by atoms with Gasteiger partial charge in [-0.1, -0.05) is 0 Å². The molecular formula is C9H13NO3. The van der Waals surface area contributed by atoms with E-state index < -0.39 is 17.3 Å². The Labute approximate surface area is 76.4 Å². The lowest BCUT2D eigenvalue weighted by Gasteiger charge is -2.09. The minimum absolute atomic E-state index is 0.164. The average molecular weight is 183 g/mol. The quantitative estimate of drug-likeness (QED) is 0.497. The van der Waals surface area contributed by atoms with E-state index >= 15 is 0 Å². The summed E-state index contributed by atoms with van der Waals surface area (Å²) >= 11 is 0. The van der Waals surface area contributed by atoms with E-state index in [1.807, 2.05) is 0 Å². The molecule has 2 atom stereocenters. The van der Waals surface area contributed by atoms with Crippen LogP contribution in [0.4, 0.5) is 0 Å². The molecule has 4 heteroatoms. The van der Waals surface area contributed by atoms with E-state index in [1.165, 1.54) is 7.11 Å². The van der Waals surface area contributed by atoms with Crippen LogP contribution < -0.4 is 5.73 Å². The molecule has 0 radical (unpaired) electrons. The molecule has 2 unspecified atom stereocenters. The lowest BCUT2D eigenvalue weighted by molar-refractivity contribution is -0.152. The number of nitrogens with two attached hydrogens (primary N) is 1. The third-order valence-corrected chi connectivity index (χ3v) is 3.20. The largest absolute Gasteiger partial charge is 0.468 e. The van der Waals surface area contributed by atoms with Crippen molar-refractivity contribution in [3.63, 3.8) is 0 Å². The van der Waals surface area contributed by atoms with Gasteiger partial charge in [0.05, 0.1) is 7.11 Å². The molecule has 2 saturated carbocycles. The number of primary amides is 1. The summed E-state index contributed by atoms with van der Waals surface area (Å²) in [6.07, 6.45) is 2.84. The fourth-order valence-corrected chi connectivity index (χ4v) is 2.16.